The second-order valence-corrected chi connectivity index (χ2v) is 5.79. The molecule has 1 aromatic heterocycles. The van der Waals surface area contributed by atoms with E-state index < -0.39 is 0 Å². The fraction of sp³-hybridized carbons (Fsp3) is 0.769. The van der Waals surface area contributed by atoms with Crippen LogP contribution in [0.5, 0.6) is 0 Å². The van der Waals surface area contributed by atoms with Gasteiger partial charge in [0.2, 0.25) is 0 Å². The Kier molecular flexibility index (Phi) is 4.80. The summed E-state index contributed by atoms with van der Waals surface area (Å²) in [4.78, 5) is 6.17. The zero-order valence-electron chi connectivity index (χ0n) is 10.9. The minimum Gasteiger partial charge on any atom is -0.362 e. The van der Waals surface area contributed by atoms with E-state index in [2.05, 4.69) is 29.5 Å². The molecule has 1 aliphatic carbocycles. The summed E-state index contributed by atoms with van der Waals surface area (Å²) >= 11 is 1.85. The molecular formula is C13H23N3S. The van der Waals surface area contributed by atoms with Gasteiger partial charge in [0.1, 0.15) is 0 Å². The summed E-state index contributed by atoms with van der Waals surface area (Å²) < 4.78 is 0. The third-order valence-electron chi connectivity index (χ3n) is 3.15. The van der Waals surface area contributed by atoms with Crippen LogP contribution in [0.3, 0.4) is 0 Å². The van der Waals surface area contributed by atoms with E-state index in [1.807, 2.05) is 11.3 Å². The van der Waals surface area contributed by atoms with E-state index in [1.54, 1.807) is 0 Å². The third kappa shape index (κ3) is 3.42. The van der Waals surface area contributed by atoms with E-state index in [9.17, 15) is 0 Å². The van der Waals surface area contributed by atoms with E-state index in [0.29, 0.717) is 6.04 Å². The minimum absolute atomic E-state index is 0.668. The number of fused-ring (bicyclic) bond motifs is 1. The first-order valence-corrected chi connectivity index (χ1v) is 7.61. The molecule has 3 nitrogen and oxygen atoms in total. The molecule has 0 saturated carbocycles. The predicted octanol–water partition coefficient (Wildman–Crippen LogP) is 2.82. The van der Waals surface area contributed by atoms with Gasteiger partial charge in [-0.05, 0) is 38.6 Å². The summed E-state index contributed by atoms with van der Waals surface area (Å²) in [5, 5.41) is 8.14. The zero-order chi connectivity index (χ0) is 12.1. The molecular weight excluding hydrogens is 230 g/mol. The van der Waals surface area contributed by atoms with Gasteiger partial charge in [0, 0.05) is 17.5 Å². The van der Waals surface area contributed by atoms with E-state index in [-0.39, 0.29) is 0 Å². The minimum atomic E-state index is 0.668. The maximum Gasteiger partial charge on any atom is 0.183 e. The summed E-state index contributed by atoms with van der Waals surface area (Å²) in [6.45, 7) is 6.58. The van der Waals surface area contributed by atoms with Gasteiger partial charge in [-0.2, -0.15) is 0 Å². The van der Waals surface area contributed by atoms with Gasteiger partial charge in [0.15, 0.2) is 5.13 Å². The molecule has 2 rings (SSSR count). The van der Waals surface area contributed by atoms with Crippen molar-refractivity contribution in [3.05, 3.63) is 10.6 Å². The van der Waals surface area contributed by atoms with Gasteiger partial charge < -0.3 is 10.6 Å². The Hall–Kier alpha value is -0.610. The Morgan fingerprint density at radius 2 is 2.12 bits per heavy atom. The molecule has 0 saturated heterocycles. The highest BCUT2D eigenvalue weighted by molar-refractivity contribution is 7.15. The van der Waals surface area contributed by atoms with Crippen molar-refractivity contribution in [2.24, 2.45) is 0 Å². The first-order chi connectivity index (χ1) is 8.33. The molecule has 1 heterocycles. The van der Waals surface area contributed by atoms with Crippen LogP contribution in [0.4, 0.5) is 5.13 Å². The number of thiazole rings is 1. The van der Waals surface area contributed by atoms with E-state index in [4.69, 9.17) is 0 Å². The Balaban J connectivity index is 1.93. The summed E-state index contributed by atoms with van der Waals surface area (Å²) in [7, 11) is 0. The maximum atomic E-state index is 4.68. The molecule has 1 aliphatic rings. The van der Waals surface area contributed by atoms with Gasteiger partial charge >= 0.3 is 0 Å². The first-order valence-electron chi connectivity index (χ1n) is 6.79. The molecule has 17 heavy (non-hydrogen) atoms. The fourth-order valence-electron chi connectivity index (χ4n) is 2.21. The smallest absolute Gasteiger partial charge is 0.183 e. The van der Waals surface area contributed by atoms with Gasteiger partial charge in [-0.1, -0.05) is 13.8 Å². The second kappa shape index (κ2) is 6.36. The number of anilines is 1. The molecule has 1 aromatic rings. The number of nitrogens with one attached hydrogen (secondary N) is 2. The normalized spacial score (nSPS) is 19.1. The van der Waals surface area contributed by atoms with E-state index >= 15 is 0 Å². The molecule has 0 fully saturated rings. The summed E-state index contributed by atoms with van der Waals surface area (Å²) in [6, 6.07) is 0.668. The molecule has 96 valence electrons. The highest BCUT2D eigenvalue weighted by Crippen LogP contribution is 2.29. The topological polar surface area (TPSA) is 37.0 Å². The molecule has 0 spiro atoms. The Morgan fingerprint density at radius 1 is 1.29 bits per heavy atom. The van der Waals surface area contributed by atoms with Crippen LogP contribution in [-0.4, -0.2) is 24.1 Å². The van der Waals surface area contributed by atoms with Crippen molar-refractivity contribution in [1.29, 1.82) is 0 Å². The standard InChI is InChI=1S/C13H23N3S/c1-3-7-14-10-5-6-11-12(9-10)17-13(16-11)15-8-4-2/h10,14H,3-9H2,1-2H3,(H,15,16)/t10-/m1/s1. The van der Waals surface area contributed by atoms with Crippen molar-refractivity contribution in [1.82, 2.24) is 10.3 Å². The Labute approximate surface area is 108 Å². The molecule has 0 radical (unpaired) electrons. The Morgan fingerprint density at radius 3 is 2.88 bits per heavy atom. The lowest BCUT2D eigenvalue weighted by atomic mass is 9.98. The van der Waals surface area contributed by atoms with Crippen molar-refractivity contribution in [3.63, 3.8) is 0 Å². The molecule has 0 bridgehead atoms. The van der Waals surface area contributed by atoms with Gasteiger partial charge in [0.25, 0.3) is 0 Å². The zero-order valence-corrected chi connectivity index (χ0v) is 11.7. The quantitative estimate of drug-likeness (QED) is 0.818. The van der Waals surface area contributed by atoms with Gasteiger partial charge in [0.05, 0.1) is 5.69 Å². The van der Waals surface area contributed by atoms with Crippen molar-refractivity contribution < 1.29 is 0 Å². The average molecular weight is 253 g/mol. The number of aromatic nitrogens is 1. The number of hydrogen-bond donors (Lipinski definition) is 2. The largest absolute Gasteiger partial charge is 0.362 e. The van der Waals surface area contributed by atoms with Crippen LogP contribution in [0, 0.1) is 0 Å². The molecule has 2 N–H and O–H groups in total. The van der Waals surface area contributed by atoms with E-state index in [1.165, 1.54) is 29.8 Å². The number of nitrogens with zero attached hydrogens (tertiary/aromatic N) is 1. The summed E-state index contributed by atoms with van der Waals surface area (Å²) in [5.74, 6) is 0. The fourth-order valence-corrected chi connectivity index (χ4v) is 3.32. The maximum absolute atomic E-state index is 4.68. The predicted molar refractivity (Wildman–Crippen MR) is 75.0 cm³/mol. The molecule has 0 amide bonds. The van der Waals surface area contributed by atoms with Crippen LogP contribution < -0.4 is 10.6 Å². The molecule has 4 heteroatoms. The Bertz CT molecular complexity index is 348. The molecule has 1 atom stereocenters. The van der Waals surface area contributed by atoms with Crippen molar-refractivity contribution >= 4 is 16.5 Å². The number of rotatable bonds is 6. The van der Waals surface area contributed by atoms with Crippen molar-refractivity contribution in [2.45, 2.75) is 52.0 Å². The summed E-state index contributed by atoms with van der Waals surface area (Å²) in [5.41, 5.74) is 1.34. The monoisotopic (exact) mass is 253 g/mol. The summed E-state index contributed by atoms with van der Waals surface area (Å²) in [6.07, 6.45) is 5.92. The third-order valence-corrected chi connectivity index (χ3v) is 4.23. The van der Waals surface area contributed by atoms with Crippen LogP contribution >= 0.6 is 11.3 Å². The van der Waals surface area contributed by atoms with E-state index in [0.717, 1.165) is 31.1 Å². The number of hydrogen-bond acceptors (Lipinski definition) is 4. The number of aryl methyl sites for hydroxylation is 1. The lowest BCUT2D eigenvalue weighted by Gasteiger charge is -2.21. The van der Waals surface area contributed by atoms with Gasteiger partial charge in [-0.15, -0.1) is 11.3 Å². The highest BCUT2D eigenvalue weighted by atomic mass is 32.1. The molecule has 0 aromatic carbocycles. The van der Waals surface area contributed by atoms with Crippen molar-refractivity contribution in [3.8, 4) is 0 Å². The van der Waals surface area contributed by atoms with Crippen LogP contribution in [-0.2, 0) is 12.8 Å². The van der Waals surface area contributed by atoms with Gasteiger partial charge in [-0.25, -0.2) is 4.98 Å². The SMILES string of the molecule is CCCNc1nc2c(s1)C[C@H](NCCC)CC2. The first kappa shape index (κ1) is 12.8. The lowest BCUT2D eigenvalue weighted by molar-refractivity contribution is 0.460. The molecule has 0 unspecified atom stereocenters. The van der Waals surface area contributed by atoms with Crippen LogP contribution in [0.1, 0.15) is 43.7 Å². The molecule has 0 aliphatic heterocycles. The highest BCUT2D eigenvalue weighted by Gasteiger charge is 2.21. The van der Waals surface area contributed by atoms with Crippen LogP contribution in [0.2, 0.25) is 0 Å². The van der Waals surface area contributed by atoms with Gasteiger partial charge in [-0.3, -0.25) is 0 Å². The van der Waals surface area contributed by atoms with Crippen molar-refractivity contribution in [2.75, 3.05) is 18.4 Å². The van der Waals surface area contributed by atoms with Crippen LogP contribution in [0.25, 0.3) is 0 Å². The second-order valence-electron chi connectivity index (χ2n) is 4.71. The lowest BCUT2D eigenvalue weighted by Crippen LogP contribution is -2.34. The average Bonchev–Trinajstić information content (AvgIpc) is 2.75. The van der Waals surface area contributed by atoms with Crippen LogP contribution in [0.15, 0.2) is 0 Å².